The number of nitrogens with one attached hydrogen (secondary N) is 2. The van der Waals surface area contributed by atoms with Gasteiger partial charge in [-0.3, -0.25) is 14.7 Å². The molecule has 1 aliphatic rings. The summed E-state index contributed by atoms with van der Waals surface area (Å²) in [6.07, 6.45) is 3.00. The molecule has 22 heavy (non-hydrogen) atoms. The van der Waals surface area contributed by atoms with E-state index < -0.39 is 0 Å². The van der Waals surface area contributed by atoms with Crippen LogP contribution in [0.1, 0.15) is 30.2 Å². The second-order valence-corrected chi connectivity index (χ2v) is 5.29. The molecule has 0 aliphatic carbocycles. The minimum atomic E-state index is -0.295. The standard InChI is InChI=1S/C16H19N3O3/c20-16(19-22-11-12-5-2-1-3-6-12)13-7-4-10-21-15(13)14-8-9-17-18-14/h1-3,5-6,8-9,13,15H,4,7,10-11H2,(H,17,18)(H,19,20)/t13-,15-/m1/s1. The number of carbonyl (C=O) groups is 1. The molecular weight excluding hydrogens is 282 g/mol. The molecule has 0 saturated carbocycles. The largest absolute Gasteiger partial charge is 0.371 e. The van der Waals surface area contributed by atoms with Gasteiger partial charge in [-0.05, 0) is 24.5 Å². The lowest BCUT2D eigenvalue weighted by Crippen LogP contribution is -2.37. The lowest BCUT2D eigenvalue weighted by atomic mass is 9.92. The van der Waals surface area contributed by atoms with Gasteiger partial charge in [0.15, 0.2) is 0 Å². The molecule has 0 radical (unpaired) electrons. The van der Waals surface area contributed by atoms with Crippen molar-refractivity contribution in [2.24, 2.45) is 5.92 Å². The van der Waals surface area contributed by atoms with E-state index in [1.807, 2.05) is 36.4 Å². The van der Waals surface area contributed by atoms with Crippen LogP contribution in [-0.2, 0) is 21.0 Å². The summed E-state index contributed by atoms with van der Waals surface area (Å²) in [7, 11) is 0. The molecular formula is C16H19N3O3. The molecule has 0 spiro atoms. The van der Waals surface area contributed by atoms with Gasteiger partial charge in [-0.25, -0.2) is 5.48 Å². The van der Waals surface area contributed by atoms with E-state index in [9.17, 15) is 4.79 Å². The van der Waals surface area contributed by atoms with E-state index in [0.717, 1.165) is 24.1 Å². The van der Waals surface area contributed by atoms with Crippen molar-refractivity contribution >= 4 is 5.91 Å². The van der Waals surface area contributed by atoms with Crippen molar-refractivity contribution in [3.8, 4) is 0 Å². The van der Waals surface area contributed by atoms with E-state index >= 15 is 0 Å². The summed E-state index contributed by atoms with van der Waals surface area (Å²) in [5.74, 6) is -0.430. The Morgan fingerprint density at radius 2 is 2.23 bits per heavy atom. The van der Waals surface area contributed by atoms with Gasteiger partial charge in [-0.2, -0.15) is 5.10 Å². The molecule has 116 valence electrons. The van der Waals surface area contributed by atoms with Gasteiger partial charge in [0.25, 0.3) is 0 Å². The van der Waals surface area contributed by atoms with Crippen LogP contribution < -0.4 is 5.48 Å². The van der Waals surface area contributed by atoms with Crippen LogP contribution >= 0.6 is 0 Å². The second kappa shape index (κ2) is 7.20. The van der Waals surface area contributed by atoms with Crippen LogP contribution in [0.5, 0.6) is 0 Å². The zero-order chi connectivity index (χ0) is 15.2. The van der Waals surface area contributed by atoms with Crippen LogP contribution in [0.25, 0.3) is 0 Å². The zero-order valence-corrected chi connectivity index (χ0v) is 12.2. The van der Waals surface area contributed by atoms with E-state index in [1.54, 1.807) is 6.20 Å². The first-order chi connectivity index (χ1) is 10.8. The van der Waals surface area contributed by atoms with Crippen molar-refractivity contribution in [1.82, 2.24) is 15.7 Å². The van der Waals surface area contributed by atoms with E-state index in [2.05, 4.69) is 15.7 Å². The monoisotopic (exact) mass is 301 g/mol. The summed E-state index contributed by atoms with van der Waals surface area (Å²) in [4.78, 5) is 17.7. The number of nitrogens with zero attached hydrogens (tertiary/aromatic N) is 1. The van der Waals surface area contributed by atoms with Gasteiger partial charge >= 0.3 is 0 Å². The van der Waals surface area contributed by atoms with Gasteiger partial charge < -0.3 is 4.74 Å². The highest BCUT2D eigenvalue weighted by atomic mass is 16.7. The predicted molar refractivity (Wildman–Crippen MR) is 79.4 cm³/mol. The number of H-pyrrole nitrogens is 1. The van der Waals surface area contributed by atoms with E-state index in [1.165, 1.54) is 0 Å². The fraction of sp³-hybridized carbons (Fsp3) is 0.375. The van der Waals surface area contributed by atoms with Crippen LogP contribution in [0.3, 0.4) is 0 Å². The summed E-state index contributed by atoms with van der Waals surface area (Å²) in [6.45, 7) is 0.993. The van der Waals surface area contributed by atoms with Crippen molar-refractivity contribution in [1.29, 1.82) is 0 Å². The number of hydrogen-bond acceptors (Lipinski definition) is 4. The maximum atomic E-state index is 12.3. The Kier molecular flexibility index (Phi) is 4.82. The smallest absolute Gasteiger partial charge is 0.249 e. The Hall–Kier alpha value is -2.18. The normalized spacial score (nSPS) is 21.5. The average Bonchev–Trinajstić information content (AvgIpc) is 3.10. The average molecular weight is 301 g/mol. The number of aromatic amines is 1. The zero-order valence-electron chi connectivity index (χ0n) is 12.2. The molecule has 2 aromatic rings. The third kappa shape index (κ3) is 3.52. The number of ether oxygens (including phenoxy) is 1. The van der Waals surface area contributed by atoms with Gasteiger partial charge in [-0.1, -0.05) is 30.3 Å². The van der Waals surface area contributed by atoms with Crippen molar-refractivity contribution in [3.05, 3.63) is 53.9 Å². The number of hydrogen-bond donors (Lipinski definition) is 2. The maximum absolute atomic E-state index is 12.3. The van der Waals surface area contributed by atoms with Crippen LogP contribution in [0.2, 0.25) is 0 Å². The molecule has 1 aromatic carbocycles. The molecule has 2 N–H and O–H groups in total. The lowest BCUT2D eigenvalue weighted by Gasteiger charge is -2.29. The van der Waals surface area contributed by atoms with Crippen molar-refractivity contribution in [2.75, 3.05) is 6.61 Å². The summed E-state index contributed by atoms with van der Waals surface area (Å²) < 4.78 is 5.73. The molecule has 1 aliphatic heterocycles. The van der Waals surface area contributed by atoms with Gasteiger partial charge in [0.1, 0.15) is 6.10 Å². The topological polar surface area (TPSA) is 76.2 Å². The first kappa shape index (κ1) is 14.7. The minimum absolute atomic E-state index is 0.157. The third-order valence-electron chi connectivity index (χ3n) is 3.74. The molecule has 1 fully saturated rings. The summed E-state index contributed by atoms with van der Waals surface area (Å²) >= 11 is 0. The van der Waals surface area contributed by atoms with Crippen LogP contribution in [0.15, 0.2) is 42.6 Å². The number of benzene rings is 1. The quantitative estimate of drug-likeness (QED) is 0.829. The number of amides is 1. The Labute approximate surface area is 128 Å². The minimum Gasteiger partial charge on any atom is -0.371 e. The highest BCUT2D eigenvalue weighted by molar-refractivity contribution is 5.78. The Morgan fingerprint density at radius 3 is 3.00 bits per heavy atom. The second-order valence-electron chi connectivity index (χ2n) is 5.29. The lowest BCUT2D eigenvalue weighted by molar-refractivity contribution is -0.148. The van der Waals surface area contributed by atoms with Gasteiger partial charge in [-0.15, -0.1) is 0 Å². The van der Waals surface area contributed by atoms with E-state index in [0.29, 0.717) is 13.2 Å². The van der Waals surface area contributed by atoms with Crippen LogP contribution in [-0.4, -0.2) is 22.7 Å². The molecule has 1 aromatic heterocycles. The molecule has 1 amide bonds. The SMILES string of the molecule is O=C(NOCc1ccccc1)[C@@H]1CCCO[C@H]1c1ccn[nH]1. The predicted octanol–water partition coefficient (Wildman–Crippen LogP) is 2.13. The Morgan fingerprint density at radius 1 is 1.36 bits per heavy atom. The van der Waals surface area contributed by atoms with Crippen molar-refractivity contribution in [3.63, 3.8) is 0 Å². The molecule has 2 heterocycles. The van der Waals surface area contributed by atoms with Crippen LogP contribution in [0, 0.1) is 5.92 Å². The highest BCUT2D eigenvalue weighted by Gasteiger charge is 2.34. The molecule has 0 bridgehead atoms. The van der Waals surface area contributed by atoms with Gasteiger partial charge in [0, 0.05) is 12.8 Å². The van der Waals surface area contributed by atoms with E-state index in [4.69, 9.17) is 9.57 Å². The first-order valence-corrected chi connectivity index (χ1v) is 7.41. The maximum Gasteiger partial charge on any atom is 0.249 e. The molecule has 3 rings (SSSR count). The number of hydroxylamine groups is 1. The Balaban J connectivity index is 1.56. The Bertz CT molecular complexity index is 586. The highest BCUT2D eigenvalue weighted by Crippen LogP contribution is 2.32. The third-order valence-corrected chi connectivity index (χ3v) is 3.74. The summed E-state index contributed by atoms with van der Waals surface area (Å²) in [5.41, 5.74) is 4.37. The molecule has 6 nitrogen and oxygen atoms in total. The molecule has 6 heteroatoms. The number of carbonyl (C=O) groups excluding carboxylic acids is 1. The summed E-state index contributed by atoms with van der Waals surface area (Å²) in [5, 5.41) is 6.80. The van der Waals surface area contributed by atoms with Crippen LogP contribution in [0.4, 0.5) is 0 Å². The molecule has 2 atom stereocenters. The molecule has 0 unspecified atom stereocenters. The fourth-order valence-electron chi connectivity index (χ4n) is 2.62. The van der Waals surface area contributed by atoms with Crippen molar-refractivity contribution < 1.29 is 14.4 Å². The number of aromatic nitrogens is 2. The van der Waals surface area contributed by atoms with Crippen molar-refractivity contribution in [2.45, 2.75) is 25.6 Å². The van der Waals surface area contributed by atoms with Gasteiger partial charge in [0.2, 0.25) is 5.91 Å². The number of rotatable bonds is 5. The van der Waals surface area contributed by atoms with E-state index in [-0.39, 0.29) is 17.9 Å². The summed E-state index contributed by atoms with van der Waals surface area (Å²) in [6, 6.07) is 11.5. The first-order valence-electron chi connectivity index (χ1n) is 7.41. The fourth-order valence-corrected chi connectivity index (χ4v) is 2.62. The molecule has 1 saturated heterocycles. The van der Waals surface area contributed by atoms with Gasteiger partial charge in [0.05, 0.1) is 18.2 Å².